The molecule has 0 radical (unpaired) electrons. The van der Waals surface area contributed by atoms with Gasteiger partial charge in [-0.05, 0) is 18.6 Å². The van der Waals surface area contributed by atoms with Crippen LogP contribution in [-0.4, -0.2) is 18.5 Å². The van der Waals surface area contributed by atoms with Gasteiger partial charge in [-0.1, -0.05) is 6.58 Å². The summed E-state index contributed by atoms with van der Waals surface area (Å²) in [5, 5.41) is 1.48. The summed E-state index contributed by atoms with van der Waals surface area (Å²) in [5.74, 6) is 0. The van der Waals surface area contributed by atoms with Gasteiger partial charge in [0.15, 0.2) is 0 Å². The first-order valence-electron chi connectivity index (χ1n) is 3.90. The smallest absolute Gasteiger partial charge is 0.265 e. The van der Waals surface area contributed by atoms with Crippen LogP contribution in [0.3, 0.4) is 0 Å². The van der Waals surface area contributed by atoms with Gasteiger partial charge in [0, 0.05) is 18.8 Å². The van der Waals surface area contributed by atoms with Gasteiger partial charge in [0.05, 0.1) is 5.70 Å². The molecule has 0 spiro atoms. The molecule has 0 amide bonds. The standard InChI is InChI=1S/C9H12F2N2/c1-6-4-8(9(10)11)7(2)13(5-6)12-3/h4-5,9,12H,2H2,1,3H3. The lowest BCUT2D eigenvalue weighted by molar-refractivity contribution is 0.183. The molecule has 0 unspecified atom stereocenters. The number of alkyl halides is 2. The van der Waals surface area contributed by atoms with Crippen molar-refractivity contribution in [1.82, 2.24) is 10.4 Å². The van der Waals surface area contributed by atoms with Gasteiger partial charge in [0.25, 0.3) is 6.43 Å². The monoisotopic (exact) mass is 186 g/mol. The van der Waals surface area contributed by atoms with E-state index in [1.165, 1.54) is 11.1 Å². The number of hydrazine groups is 1. The predicted octanol–water partition coefficient (Wildman–Crippen LogP) is 2.05. The van der Waals surface area contributed by atoms with E-state index in [0.29, 0.717) is 5.70 Å². The van der Waals surface area contributed by atoms with Crippen LogP contribution in [0.25, 0.3) is 0 Å². The highest BCUT2D eigenvalue weighted by Crippen LogP contribution is 2.25. The third-order valence-corrected chi connectivity index (χ3v) is 1.82. The molecule has 0 aromatic carbocycles. The molecule has 2 nitrogen and oxygen atoms in total. The molecular formula is C9H12F2N2. The topological polar surface area (TPSA) is 15.3 Å². The lowest BCUT2D eigenvalue weighted by Gasteiger charge is -2.27. The van der Waals surface area contributed by atoms with Crippen molar-refractivity contribution in [2.75, 3.05) is 7.05 Å². The maximum Gasteiger partial charge on any atom is 0.265 e. The largest absolute Gasteiger partial charge is 0.284 e. The van der Waals surface area contributed by atoms with Crippen molar-refractivity contribution < 1.29 is 8.78 Å². The van der Waals surface area contributed by atoms with Crippen molar-refractivity contribution in [3.05, 3.63) is 35.7 Å². The maximum atomic E-state index is 12.4. The zero-order valence-electron chi connectivity index (χ0n) is 7.64. The Morgan fingerprint density at radius 2 is 2.15 bits per heavy atom. The van der Waals surface area contributed by atoms with E-state index < -0.39 is 6.43 Å². The van der Waals surface area contributed by atoms with Crippen molar-refractivity contribution in [2.45, 2.75) is 13.3 Å². The van der Waals surface area contributed by atoms with Crippen LogP contribution in [0.4, 0.5) is 8.78 Å². The molecule has 1 heterocycles. The summed E-state index contributed by atoms with van der Waals surface area (Å²) in [4.78, 5) is 0. The predicted molar refractivity (Wildman–Crippen MR) is 47.9 cm³/mol. The molecule has 1 N–H and O–H groups in total. The van der Waals surface area contributed by atoms with Crippen LogP contribution in [0.5, 0.6) is 0 Å². The van der Waals surface area contributed by atoms with Gasteiger partial charge in [0.2, 0.25) is 0 Å². The highest BCUT2D eigenvalue weighted by molar-refractivity contribution is 5.40. The van der Waals surface area contributed by atoms with E-state index in [2.05, 4.69) is 12.0 Å². The molecule has 0 aliphatic carbocycles. The van der Waals surface area contributed by atoms with Crippen LogP contribution in [0.2, 0.25) is 0 Å². The van der Waals surface area contributed by atoms with Gasteiger partial charge in [-0.3, -0.25) is 5.01 Å². The molecule has 0 saturated heterocycles. The van der Waals surface area contributed by atoms with Crippen LogP contribution in [0.1, 0.15) is 6.92 Å². The van der Waals surface area contributed by atoms with Crippen molar-refractivity contribution in [3.63, 3.8) is 0 Å². The Labute approximate surface area is 76.2 Å². The van der Waals surface area contributed by atoms with Gasteiger partial charge in [-0.25, -0.2) is 14.2 Å². The fourth-order valence-electron chi connectivity index (χ4n) is 1.17. The molecule has 1 aliphatic rings. The molecule has 0 saturated carbocycles. The lowest BCUT2D eigenvalue weighted by atomic mass is 10.1. The Balaban J connectivity index is 2.97. The number of rotatable bonds is 2. The first-order valence-corrected chi connectivity index (χ1v) is 3.90. The highest BCUT2D eigenvalue weighted by Gasteiger charge is 2.21. The minimum atomic E-state index is -2.48. The van der Waals surface area contributed by atoms with E-state index in [0.717, 1.165) is 5.57 Å². The van der Waals surface area contributed by atoms with Gasteiger partial charge < -0.3 is 0 Å². The summed E-state index contributed by atoms with van der Waals surface area (Å²) in [7, 11) is 1.66. The van der Waals surface area contributed by atoms with E-state index in [9.17, 15) is 8.78 Å². The summed E-state index contributed by atoms with van der Waals surface area (Å²) in [6.45, 7) is 5.34. The molecular weight excluding hydrogens is 174 g/mol. The molecule has 72 valence electrons. The molecule has 1 aliphatic heterocycles. The molecule has 0 fully saturated rings. The number of nitrogens with zero attached hydrogens (tertiary/aromatic N) is 1. The van der Waals surface area contributed by atoms with Crippen LogP contribution >= 0.6 is 0 Å². The minimum Gasteiger partial charge on any atom is -0.284 e. The average Bonchev–Trinajstić information content (AvgIpc) is 2.08. The van der Waals surface area contributed by atoms with Crippen LogP contribution in [0, 0.1) is 0 Å². The lowest BCUT2D eigenvalue weighted by Crippen LogP contribution is -2.32. The Bertz CT molecular complexity index is 279. The second-order valence-corrected chi connectivity index (χ2v) is 2.81. The Morgan fingerprint density at radius 1 is 1.54 bits per heavy atom. The second-order valence-electron chi connectivity index (χ2n) is 2.81. The molecule has 0 aromatic rings. The molecule has 0 bridgehead atoms. The zero-order chi connectivity index (χ0) is 10.0. The number of allylic oxidation sites excluding steroid dienone is 3. The molecule has 13 heavy (non-hydrogen) atoms. The van der Waals surface area contributed by atoms with E-state index in [1.54, 1.807) is 20.2 Å². The Kier molecular flexibility index (Phi) is 2.83. The maximum absolute atomic E-state index is 12.4. The first-order chi connectivity index (χ1) is 6.06. The Hall–Kier alpha value is -1.16. The van der Waals surface area contributed by atoms with Crippen LogP contribution in [-0.2, 0) is 0 Å². The van der Waals surface area contributed by atoms with E-state index in [1.807, 2.05) is 0 Å². The van der Waals surface area contributed by atoms with Crippen molar-refractivity contribution >= 4 is 0 Å². The first kappa shape index (κ1) is 9.92. The third kappa shape index (κ3) is 1.95. The summed E-state index contributed by atoms with van der Waals surface area (Å²) in [5.41, 5.74) is 3.79. The fourth-order valence-corrected chi connectivity index (χ4v) is 1.17. The number of halogens is 2. The van der Waals surface area contributed by atoms with Gasteiger partial charge in [-0.15, -0.1) is 0 Å². The molecule has 4 heteroatoms. The van der Waals surface area contributed by atoms with Crippen molar-refractivity contribution in [2.24, 2.45) is 0 Å². The normalized spacial score (nSPS) is 17.6. The van der Waals surface area contributed by atoms with Gasteiger partial charge >= 0.3 is 0 Å². The van der Waals surface area contributed by atoms with Crippen molar-refractivity contribution in [1.29, 1.82) is 0 Å². The van der Waals surface area contributed by atoms with Gasteiger partial charge in [0.1, 0.15) is 0 Å². The molecule has 1 rings (SSSR count). The Morgan fingerprint density at radius 3 is 2.62 bits per heavy atom. The van der Waals surface area contributed by atoms with E-state index >= 15 is 0 Å². The van der Waals surface area contributed by atoms with Gasteiger partial charge in [-0.2, -0.15) is 0 Å². The summed E-state index contributed by atoms with van der Waals surface area (Å²) < 4.78 is 24.9. The molecule has 0 atom stereocenters. The summed E-state index contributed by atoms with van der Waals surface area (Å²) >= 11 is 0. The second kappa shape index (κ2) is 3.70. The van der Waals surface area contributed by atoms with E-state index in [-0.39, 0.29) is 5.57 Å². The number of nitrogens with one attached hydrogen (secondary N) is 1. The molecule has 0 aromatic heterocycles. The summed E-state index contributed by atoms with van der Waals surface area (Å²) in [6, 6.07) is 0. The SMILES string of the molecule is C=C1C(C(F)F)=CC(C)=CN1NC. The quantitative estimate of drug-likeness (QED) is 0.710. The fraction of sp³-hybridized carbons (Fsp3) is 0.333. The van der Waals surface area contributed by atoms with Crippen LogP contribution in [0.15, 0.2) is 35.7 Å². The average molecular weight is 186 g/mol. The minimum absolute atomic E-state index is 0.0330. The summed E-state index contributed by atoms with van der Waals surface area (Å²) in [6.07, 6.45) is 0.682. The number of hydrogen-bond acceptors (Lipinski definition) is 2. The third-order valence-electron chi connectivity index (χ3n) is 1.82. The van der Waals surface area contributed by atoms with E-state index in [4.69, 9.17) is 0 Å². The van der Waals surface area contributed by atoms with Crippen molar-refractivity contribution in [3.8, 4) is 0 Å². The number of hydrogen-bond donors (Lipinski definition) is 1. The van der Waals surface area contributed by atoms with Crippen LogP contribution < -0.4 is 5.43 Å². The highest BCUT2D eigenvalue weighted by atomic mass is 19.3. The zero-order valence-corrected chi connectivity index (χ0v) is 7.64.